The number of carbonyl (C=O) groups excluding carboxylic acids is 2. The Balaban J connectivity index is 1.96. The topological polar surface area (TPSA) is 67.9 Å². The summed E-state index contributed by atoms with van der Waals surface area (Å²) in [6.07, 6.45) is 0. The van der Waals surface area contributed by atoms with Gasteiger partial charge in [-0.3, -0.25) is 4.79 Å². The van der Waals surface area contributed by atoms with Crippen LogP contribution in [0.3, 0.4) is 0 Å². The van der Waals surface area contributed by atoms with Gasteiger partial charge in [0.1, 0.15) is 0 Å². The Morgan fingerprint density at radius 3 is 2.63 bits per heavy atom. The molecule has 2 aromatic carbocycles. The number of carbonyl (C=O) groups is 2. The van der Waals surface area contributed by atoms with E-state index in [-0.39, 0.29) is 5.91 Å². The van der Waals surface area contributed by atoms with Gasteiger partial charge in [0.2, 0.25) is 0 Å². The van der Waals surface area contributed by atoms with E-state index in [9.17, 15) is 9.59 Å². The van der Waals surface area contributed by atoms with Crippen LogP contribution in [0.2, 0.25) is 5.02 Å². The maximum absolute atomic E-state index is 12.8. The smallest absolute Gasteiger partial charge is 0.337 e. The molecule has 1 saturated heterocycles. The fourth-order valence-electron chi connectivity index (χ4n) is 2.82. The minimum absolute atomic E-state index is 0.338. The van der Waals surface area contributed by atoms with Crippen molar-refractivity contribution in [1.82, 2.24) is 0 Å². The van der Waals surface area contributed by atoms with Crippen LogP contribution in [0, 0.1) is 3.57 Å². The summed E-state index contributed by atoms with van der Waals surface area (Å²) in [6.45, 7) is 2.61. The fraction of sp³-hybridized carbons (Fsp3) is 0.263. The summed E-state index contributed by atoms with van der Waals surface area (Å²) < 4.78 is 11.1. The van der Waals surface area contributed by atoms with Crippen molar-refractivity contribution in [3.8, 4) is 0 Å². The van der Waals surface area contributed by atoms with Gasteiger partial charge in [-0.05, 0) is 59.0 Å². The zero-order chi connectivity index (χ0) is 19.4. The first-order valence-corrected chi connectivity index (χ1v) is 9.76. The first kappa shape index (κ1) is 19.9. The Labute approximate surface area is 175 Å². The molecule has 0 aromatic heterocycles. The molecule has 1 fully saturated rings. The van der Waals surface area contributed by atoms with Gasteiger partial charge in [0.05, 0.1) is 47.8 Å². The third-order valence-corrected chi connectivity index (χ3v) is 5.19. The summed E-state index contributed by atoms with van der Waals surface area (Å²) in [4.78, 5) is 26.8. The summed E-state index contributed by atoms with van der Waals surface area (Å²) >= 11 is 8.31. The molecule has 2 aromatic rings. The lowest BCUT2D eigenvalue weighted by molar-refractivity contribution is 0.0600. The molecule has 0 spiro atoms. The number of halogens is 2. The van der Waals surface area contributed by atoms with Crippen LogP contribution in [-0.2, 0) is 9.47 Å². The third-order valence-electron chi connectivity index (χ3n) is 4.19. The molecule has 0 unspecified atom stereocenters. The molecule has 0 atom stereocenters. The number of nitrogens with zero attached hydrogens (tertiary/aromatic N) is 1. The Morgan fingerprint density at radius 1 is 1.19 bits per heavy atom. The first-order chi connectivity index (χ1) is 13.0. The van der Waals surface area contributed by atoms with Gasteiger partial charge in [0.25, 0.3) is 5.91 Å². The number of methoxy groups -OCH3 is 1. The number of benzene rings is 2. The monoisotopic (exact) mass is 500 g/mol. The maximum Gasteiger partial charge on any atom is 0.337 e. The van der Waals surface area contributed by atoms with Gasteiger partial charge in [-0.15, -0.1) is 0 Å². The van der Waals surface area contributed by atoms with Gasteiger partial charge >= 0.3 is 5.97 Å². The second-order valence-corrected chi connectivity index (χ2v) is 7.55. The number of esters is 1. The molecule has 1 aliphatic heterocycles. The molecular formula is C19H18ClIN2O4. The van der Waals surface area contributed by atoms with Crippen LogP contribution in [0.4, 0.5) is 11.4 Å². The lowest BCUT2D eigenvalue weighted by Crippen LogP contribution is -2.36. The van der Waals surface area contributed by atoms with E-state index in [1.165, 1.54) is 7.11 Å². The minimum Gasteiger partial charge on any atom is -0.465 e. The van der Waals surface area contributed by atoms with Crippen LogP contribution >= 0.6 is 34.2 Å². The van der Waals surface area contributed by atoms with Crippen molar-refractivity contribution in [1.29, 1.82) is 0 Å². The molecule has 1 aliphatic rings. The molecule has 27 heavy (non-hydrogen) atoms. The number of morpholine rings is 1. The number of hydrogen-bond donors (Lipinski definition) is 1. The molecule has 1 heterocycles. The molecule has 0 bridgehead atoms. The Hall–Kier alpha value is -1.84. The van der Waals surface area contributed by atoms with Gasteiger partial charge < -0.3 is 19.7 Å². The number of rotatable bonds is 4. The lowest BCUT2D eigenvalue weighted by atomic mass is 10.1. The van der Waals surface area contributed by atoms with Gasteiger partial charge in [0.15, 0.2) is 0 Å². The number of ether oxygens (including phenoxy) is 2. The molecule has 1 N–H and O–H groups in total. The van der Waals surface area contributed by atoms with E-state index < -0.39 is 5.97 Å². The molecule has 3 rings (SSSR count). The van der Waals surface area contributed by atoms with E-state index in [1.54, 1.807) is 24.3 Å². The number of nitrogens with one attached hydrogen (secondary N) is 1. The van der Waals surface area contributed by atoms with Gasteiger partial charge in [-0.2, -0.15) is 0 Å². The summed E-state index contributed by atoms with van der Waals surface area (Å²) in [5, 5.41) is 3.26. The van der Waals surface area contributed by atoms with E-state index in [4.69, 9.17) is 21.1 Å². The average molecular weight is 501 g/mol. The van der Waals surface area contributed by atoms with Crippen LogP contribution in [0.15, 0.2) is 36.4 Å². The van der Waals surface area contributed by atoms with Crippen molar-refractivity contribution in [2.75, 3.05) is 43.6 Å². The van der Waals surface area contributed by atoms with Gasteiger partial charge in [-0.25, -0.2) is 4.79 Å². The maximum atomic E-state index is 12.8. The molecule has 0 aliphatic carbocycles. The van der Waals surface area contributed by atoms with Crippen molar-refractivity contribution in [2.45, 2.75) is 0 Å². The fourth-order valence-corrected chi connectivity index (χ4v) is 3.52. The molecule has 0 radical (unpaired) electrons. The Bertz CT molecular complexity index is 869. The van der Waals surface area contributed by atoms with Crippen LogP contribution in [0.1, 0.15) is 20.7 Å². The molecular weight excluding hydrogens is 483 g/mol. The second-order valence-electron chi connectivity index (χ2n) is 5.90. The molecule has 8 heteroatoms. The van der Waals surface area contributed by atoms with Crippen molar-refractivity contribution < 1.29 is 19.1 Å². The van der Waals surface area contributed by atoms with Crippen LogP contribution in [-0.4, -0.2) is 45.3 Å². The molecule has 0 saturated carbocycles. The number of amides is 1. The van der Waals surface area contributed by atoms with E-state index in [2.05, 4.69) is 32.8 Å². The van der Waals surface area contributed by atoms with E-state index in [0.29, 0.717) is 48.1 Å². The Morgan fingerprint density at radius 2 is 1.93 bits per heavy atom. The van der Waals surface area contributed by atoms with E-state index >= 15 is 0 Å². The lowest BCUT2D eigenvalue weighted by Gasteiger charge is -2.30. The van der Waals surface area contributed by atoms with Gasteiger partial charge in [-0.1, -0.05) is 11.6 Å². The number of anilines is 2. The SMILES string of the molecule is COC(=O)c1ccc(N2CCOCC2)c(NC(=O)c2cc(I)ccc2Cl)c1. The predicted octanol–water partition coefficient (Wildman–Crippen LogP) is 3.82. The quantitative estimate of drug-likeness (QED) is 0.511. The summed E-state index contributed by atoms with van der Waals surface area (Å²) in [6, 6.07) is 10.4. The normalized spacial score (nSPS) is 14.0. The van der Waals surface area contributed by atoms with Gasteiger partial charge in [0, 0.05) is 16.7 Å². The first-order valence-electron chi connectivity index (χ1n) is 8.31. The van der Waals surface area contributed by atoms with Crippen molar-refractivity contribution >= 4 is 57.4 Å². The highest BCUT2D eigenvalue weighted by atomic mass is 127. The predicted molar refractivity (Wildman–Crippen MR) is 113 cm³/mol. The van der Waals surface area contributed by atoms with Crippen molar-refractivity contribution in [2.24, 2.45) is 0 Å². The van der Waals surface area contributed by atoms with Crippen LogP contribution < -0.4 is 10.2 Å². The molecule has 1 amide bonds. The number of hydrogen-bond acceptors (Lipinski definition) is 5. The summed E-state index contributed by atoms with van der Waals surface area (Å²) in [5.74, 6) is -0.804. The average Bonchev–Trinajstić information content (AvgIpc) is 2.69. The molecule has 142 valence electrons. The summed E-state index contributed by atoms with van der Waals surface area (Å²) in [5.41, 5.74) is 2.08. The largest absolute Gasteiger partial charge is 0.465 e. The highest BCUT2D eigenvalue weighted by Gasteiger charge is 2.20. The Kier molecular flexibility index (Phi) is 6.56. The molecule has 6 nitrogen and oxygen atoms in total. The van der Waals surface area contributed by atoms with Crippen molar-refractivity contribution in [3.05, 3.63) is 56.1 Å². The van der Waals surface area contributed by atoms with E-state index in [1.807, 2.05) is 12.1 Å². The minimum atomic E-state index is -0.466. The van der Waals surface area contributed by atoms with Crippen LogP contribution in [0.5, 0.6) is 0 Å². The zero-order valence-corrected chi connectivity index (χ0v) is 17.5. The van der Waals surface area contributed by atoms with Crippen LogP contribution in [0.25, 0.3) is 0 Å². The highest BCUT2D eigenvalue weighted by Crippen LogP contribution is 2.30. The standard InChI is InChI=1S/C19H18ClIN2O4/c1-26-19(25)12-2-5-17(23-6-8-27-9-7-23)16(10-12)22-18(24)14-11-13(21)3-4-15(14)20/h2-5,10-11H,6-9H2,1H3,(H,22,24). The summed E-state index contributed by atoms with van der Waals surface area (Å²) in [7, 11) is 1.32. The highest BCUT2D eigenvalue weighted by molar-refractivity contribution is 14.1. The second kappa shape index (κ2) is 8.90. The van der Waals surface area contributed by atoms with E-state index in [0.717, 1.165) is 9.26 Å². The third kappa shape index (κ3) is 4.72. The zero-order valence-electron chi connectivity index (χ0n) is 14.6. The van der Waals surface area contributed by atoms with Crippen molar-refractivity contribution in [3.63, 3.8) is 0 Å².